The van der Waals surface area contributed by atoms with E-state index >= 15 is 0 Å². The number of nitrogens with zero attached hydrogens (tertiary/aromatic N) is 1. The summed E-state index contributed by atoms with van der Waals surface area (Å²) >= 11 is 6.25. The Morgan fingerprint density at radius 1 is 0.969 bits per heavy atom. The Hall–Kier alpha value is -3.89. The molecule has 0 unspecified atom stereocenters. The maximum atomic E-state index is 13.3. The Morgan fingerprint density at radius 2 is 1.72 bits per heavy atom. The third-order valence-corrected chi connectivity index (χ3v) is 5.91. The minimum absolute atomic E-state index is 0.0981. The average Bonchev–Trinajstić information content (AvgIpc) is 3.13. The minimum atomic E-state index is -0.426. The van der Waals surface area contributed by atoms with E-state index in [0.717, 1.165) is 27.5 Å². The van der Waals surface area contributed by atoms with E-state index in [9.17, 15) is 9.59 Å². The van der Waals surface area contributed by atoms with Gasteiger partial charge in [0, 0.05) is 45.1 Å². The molecule has 0 saturated carbocycles. The molecule has 2 aromatic heterocycles. The van der Waals surface area contributed by atoms with E-state index in [1.165, 1.54) is 6.08 Å². The molecule has 5 heteroatoms. The SMILES string of the molecule is Cn1c(/C=C/C(=O)c2c(-c3ccccc3)c3cc(Cl)ccc3[nH]c2=O)cc2ccccc21. The molecular formula is C27H19ClN2O2. The van der Waals surface area contributed by atoms with Crippen molar-refractivity contribution >= 4 is 45.3 Å². The molecule has 0 fully saturated rings. The molecule has 0 spiro atoms. The van der Waals surface area contributed by atoms with Crippen LogP contribution in [0.5, 0.6) is 0 Å². The summed E-state index contributed by atoms with van der Waals surface area (Å²) in [5.41, 5.74) is 3.62. The molecule has 3 aromatic carbocycles. The van der Waals surface area contributed by atoms with E-state index in [2.05, 4.69) is 4.98 Å². The lowest BCUT2D eigenvalue weighted by Gasteiger charge is -2.11. The van der Waals surface area contributed by atoms with Gasteiger partial charge in [-0.3, -0.25) is 9.59 Å². The summed E-state index contributed by atoms with van der Waals surface area (Å²) in [4.78, 5) is 29.2. The number of aromatic nitrogens is 2. The second kappa shape index (κ2) is 7.98. The lowest BCUT2D eigenvalue weighted by atomic mass is 9.94. The number of pyridine rings is 1. The number of hydrogen-bond donors (Lipinski definition) is 1. The Labute approximate surface area is 189 Å². The molecule has 0 saturated heterocycles. The maximum absolute atomic E-state index is 13.3. The van der Waals surface area contributed by atoms with Gasteiger partial charge in [-0.15, -0.1) is 0 Å². The minimum Gasteiger partial charge on any atom is -0.344 e. The standard InChI is InChI=1S/C27H19ClN2O2/c1-30-20(15-18-9-5-6-10-23(18)30)12-14-24(31)26-25(17-7-3-2-4-8-17)21-16-19(28)11-13-22(21)29-27(26)32/h2-16H,1H3,(H,29,32)/b14-12+. The number of rotatable bonds is 4. The number of ketones is 1. The van der Waals surface area contributed by atoms with Gasteiger partial charge in [0.2, 0.25) is 0 Å². The summed E-state index contributed by atoms with van der Waals surface area (Å²) < 4.78 is 2.02. The van der Waals surface area contributed by atoms with Crippen LogP contribution in [0.3, 0.4) is 0 Å². The Kier molecular flexibility index (Phi) is 5.00. The number of fused-ring (bicyclic) bond motifs is 2. The van der Waals surface area contributed by atoms with Crippen molar-refractivity contribution in [2.24, 2.45) is 7.05 Å². The van der Waals surface area contributed by atoms with Gasteiger partial charge in [-0.1, -0.05) is 60.1 Å². The lowest BCUT2D eigenvalue weighted by molar-refractivity contribution is 0.104. The molecule has 1 N–H and O–H groups in total. The van der Waals surface area contributed by atoms with Crippen molar-refractivity contribution < 1.29 is 4.79 Å². The van der Waals surface area contributed by atoms with E-state index in [-0.39, 0.29) is 11.3 Å². The van der Waals surface area contributed by atoms with Crippen molar-refractivity contribution in [1.29, 1.82) is 0 Å². The fraction of sp³-hybridized carbons (Fsp3) is 0.0370. The van der Waals surface area contributed by atoms with Gasteiger partial charge in [0.15, 0.2) is 5.78 Å². The molecular weight excluding hydrogens is 420 g/mol. The van der Waals surface area contributed by atoms with Crippen molar-refractivity contribution in [3.63, 3.8) is 0 Å². The molecule has 0 bridgehead atoms. The molecule has 156 valence electrons. The summed E-state index contributed by atoms with van der Waals surface area (Å²) in [6, 6.07) is 24.7. The van der Waals surface area contributed by atoms with E-state index in [1.807, 2.05) is 72.3 Å². The third-order valence-electron chi connectivity index (χ3n) is 5.68. The molecule has 5 aromatic rings. The van der Waals surface area contributed by atoms with Crippen LogP contribution in [-0.4, -0.2) is 15.3 Å². The van der Waals surface area contributed by atoms with Crippen molar-refractivity contribution in [1.82, 2.24) is 9.55 Å². The van der Waals surface area contributed by atoms with Crippen LogP contribution in [0.4, 0.5) is 0 Å². The molecule has 5 rings (SSSR count). The predicted octanol–water partition coefficient (Wildman–Crippen LogP) is 6.24. The maximum Gasteiger partial charge on any atom is 0.260 e. The number of nitrogens with one attached hydrogen (secondary N) is 1. The number of benzene rings is 3. The molecule has 0 radical (unpaired) electrons. The Balaban J connectivity index is 1.68. The van der Waals surface area contributed by atoms with E-state index in [4.69, 9.17) is 11.6 Å². The topological polar surface area (TPSA) is 54.9 Å². The zero-order chi connectivity index (χ0) is 22.2. The number of carbonyl (C=O) groups is 1. The number of allylic oxidation sites excluding steroid dienone is 1. The highest BCUT2D eigenvalue weighted by Crippen LogP contribution is 2.31. The number of para-hydroxylation sites is 1. The first-order chi connectivity index (χ1) is 15.5. The monoisotopic (exact) mass is 438 g/mol. The highest BCUT2D eigenvalue weighted by molar-refractivity contribution is 6.31. The average molecular weight is 439 g/mol. The first kappa shape index (κ1) is 20.0. The van der Waals surface area contributed by atoms with Crippen molar-refractivity contribution in [3.05, 3.63) is 112 Å². The fourth-order valence-electron chi connectivity index (χ4n) is 4.12. The zero-order valence-electron chi connectivity index (χ0n) is 17.3. The van der Waals surface area contributed by atoms with Crippen LogP contribution in [0.2, 0.25) is 5.02 Å². The number of H-pyrrole nitrogens is 1. The highest BCUT2D eigenvalue weighted by atomic mass is 35.5. The van der Waals surface area contributed by atoms with Crippen molar-refractivity contribution in [2.75, 3.05) is 0 Å². The van der Waals surface area contributed by atoms with Crippen LogP contribution >= 0.6 is 11.6 Å². The number of aryl methyl sites for hydroxylation is 1. The molecule has 0 atom stereocenters. The number of carbonyl (C=O) groups excluding carboxylic acids is 1. The van der Waals surface area contributed by atoms with Gasteiger partial charge in [0.1, 0.15) is 0 Å². The fourth-order valence-corrected chi connectivity index (χ4v) is 4.29. The number of hydrogen-bond acceptors (Lipinski definition) is 2. The largest absolute Gasteiger partial charge is 0.344 e. The third kappa shape index (κ3) is 3.45. The number of aromatic amines is 1. The van der Waals surface area contributed by atoms with Crippen molar-refractivity contribution in [2.45, 2.75) is 0 Å². The molecule has 0 aliphatic carbocycles. The van der Waals surface area contributed by atoms with Crippen LogP contribution in [-0.2, 0) is 7.05 Å². The molecule has 32 heavy (non-hydrogen) atoms. The van der Waals surface area contributed by atoms with Gasteiger partial charge in [-0.2, -0.15) is 0 Å². The van der Waals surface area contributed by atoms with Crippen LogP contribution in [0.15, 0.2) is 89.7 Å². The van der Waals surface area contributed by atoms with Crippen LogP contribution < -0.4 is 5.56 Å². The van der Waals surface area contributed by atoms with Gasteiger partial charge < -0.3 is 9.55 Å². The van der Waals surface area contributed by atoms with Crippen molar-refractivity contribution in [3.8, 4) is 11.1 Å². The summed E-state index contributed by atoms with van der Waals surface area (Å²) in [6.07, 6.45) is 3.21. The first-order valence-corrected chi connectivity index (χ1v) is 10.6. The summed E-state index contributed by atoms with van der Waals surface area (Å²) in [7, 11) is 1.95. The zero-order valence-corrected chi connectivity index (χ0v) is 18.1. The quantitative estimate of drug-likeness (QED) is 0.267. The van der Waals surface area contributed by atoms with Crippen LogP contribution in [0.1, 0.15) is 16.1 Å². The normalized spacial score (nSPS) is 11.6. The van der Waals surface area contributed by atoms with Crippen LogP contribution in [0, 0.1) is 0 Å². The first-order valence-electron chi connectivity index (χ1n) is 10.2. The molecule has 0 aliphatic heterocycles. The van der Waals surface area contributed by atoms with E-state index in [1.54, 1.807) is 24.3 Å². The van der Waals surface area contributed by atoms with Gasteiger partial charge >= 0.3 is 0 Å². The summed E-state index contributed by atoms with van der Waals surface area (Å²) in [5, 5.41) is 2.35. The molecule has 0 aliphatic rings. The lowest BCUT2D eigenvalue weighted by Crippen LogP contribution is -2.18. The van der Waals surface area contributed by atoms with Gasteiger partial charge in [0.05, 0.1) is 5.56 Å². The van der Waals surface area contributed by atoms with Gasteiger partial charge in [0.25, 0.3) is 5.56 Å². The summed E-state index contributed by atoms with van der Waals surface area (Å²) in [6.45, 7) is 0. The van der Waals surface area contributed by atoms with E-state index in [0.29, 0.717) is 16.1 Å². The Morgan fingerprint density at radius 3 is 2.50 bits per heavy atom. The second-order valence-electron chi connectivity index (χ2n) is 7.64. The van der Waals surface area contributed by atoms with E-state index < -0.39 is 5.56 Å². The smallest absolute Gasteiger partial charge is 0.260 e. The molecule has 2 heterocycles. The predicted molar refractivity (Wildman–Crippen MR) is 131 cm³/mol. The van der Waals surface area contributed by atoms with Crippen LogP contribution in [0.25, 0.3) is 39.0 Å². The Bertz CT molecular complexity index is 1580. The number of halogens is 1. The molecule has 0 amide bonds. The molecule has 4 nitrogen and oxygen atoms in total. The van der Waals surface area contributed by atoms with Gasteiger partial charge in [-0.05, 0) is 48.0 Å². The summed E-state index contributed by atoms with van der Waals surface area (Å²) in [5.74, 6) is -0.364. The van der Waals surface area contributed by atoms with Gasteiger partial charge in [-0.25, -0.2) is 0 Å². The second-order valence-corrected chi connectivity index (χ2v) is 8.08. The highest BCUT2D eigenvalue weighted by Gasteiger charge is 2.19.